The molecule has 0 aromatic heterocycles. The van der Waals surface area contributed by atoms with E-state index >= 15 is 0 Å². The third-order valence-corrected chi connectivity index (χ3v) is 4.27. The molecule has 0 saturated carbocycles. The van der Waals surface area contributed by atoms with Gasteiger partial charge in [0.1, 0.15) is 0 Å². The number of anilines is 2. The molecule has 2 aromatic carbocycles. The smallest absolute Gasteiger partial charge is 0.251 e. The molecule has 0 radical (unpaired) electrons. The van der Waals surface area contributed by atoms with E-state index < -0.39 is 0 Å². The molecule has 1 aliphatic rings. The average molecular weight is 309 g/mol. The number of hydrogen-bond acceptors (Lipinski definition) is 3. The minimum atomic E-state index is 0.0204. The van der Waals surface area contributed by atoms with Crippen LogP contribution in [0.4, 0.5) is 11.4 Å². The van der Waals surface area contributed by atoms with Crippen molar-refractivity contribution in [1.82, 2.24) is 5.32 Å². The van der Waals surface area contributed by atoms with E-state index in [9.17, 15) is 4.79 Å². The maximum absolute atomic E-state index is 12.5. The summed E-state index contributed by atoms with van der Waals surface area (Å²) in [5.41, 5.74) is 4.21. The number of carbonyl (C=O) groups is 1. The molecule has 23 heavy (non-hydrogen) atoms. The highest BCUT2D eigenvalue weighted by atomic mass is 16.1. The molecule has 0 unspecified atom stereocenters. The van der Waals surface area contributed by atoms with Crippen LogP contribution in [0.2, 0.25) is 0 Å². The lowest BCUT2D eigenvalue weighted by molar-refractivity contribution is 0.0953. The monoisotopic (exact) mass is 309 g/mol. The minimum absolute atomic E-state index is 0.0204. The van der Waals surface area contributed by atoms with Gasteiger partial charge in [-0.25, -0.2) is 0 Å². The second-order valence-corrected chi connectivity index (χ2v) is 5.88. The fourth-order valence-electron chi connectivity index (χ4n) is 2.97. The number of carbonyl (C=O) groups excluding carboxylic acids is 1. The first-order chi connectivity index (χ1) is 11.3. The zero-order valence-electron chi connectivity index (χ0n) is 13.5. The number of hydrogen-bond donors (Lipinski definition) is 2. The summed E-state index contributed by atoms with van der Waals surface area (Å²) in [5, 5.41) is 6.41. The van der Waals surface area contributed by atoms with E-state index in [2.05, 4.69) is 33.7 Å². The molecule has 0 bridgehead atoms. The highest BCUT2D eigenvalue weighted by Crippen LogP contribution is 2.25. The molecule has 0 spiro atoms. The molecule has 4 heteroatoms. The van der Waals surface area contributed by atoms with Crippen LogP contribution >= 0.6 is 0 Å². The lowest BCUT2D eigenvalue weighted by Crippen LogP contribution is -2.33. The van der Waals surface area contributed by atoms with Crippen molar-refractivity contribution in [3.63, 3.8) is 0 Å². The molecule has 4 nitrogen and oxygen atoms in total. The van der Waals surface area contributed by atoms with Crippen molar-refractivity contribution in [2.45, 2.75) is 12.8 Å². The maximum atomic E-state index is 12.5. The number of para-hydroxylation sites is 1. The Kier molecular flexibility index (Phi) is 4.81. The topological polar surface area (TPSA) is 44.4 Å². The van der Waals surface area contributed by atoms with E-state index in [1.165, 1.54) is 0 Å². The molecule has 1 aliphatic heterocycles. The van der Waals surface area contributed by atoms with E-state index in [0.717, 1.165) is 48.4 Å². The Balaban J connectivity index is 1.58. The van der Waals surface area contributed by atoms with Gasteiger partial charge in [-0.1, -0.05) is 24.3 Å². The Morgan fingerprint density at radius 1 is 1.17 bits per heavy atom. The standard InChI is InChI=1S/C19H23N3O/c1-22(15-7-3-2-4-8-15)14-13-21-19(23)17-9-5-11-18-16(17)10-6-12-20-18/h2-5,7-9,11,20H,6,10,12-14H2,1H3,(H,21,23). The number of likely N-dealkylation sites (N-methyl/N-ethyl adjacent to an activating group) is 1. The summed E-state index contributed by atoms with van der Waals surface area (Å²) in [6, 6.07) is 16.1. The summed E-state index contributed by atoms with van der Waals surface area (Å²) < 4.78 is 0. The van der Waals surface area contributed by atoms with E-state index in [1.807, 2.05) is 37.4 Å². The average Bonchev–Trinajstić information content (AvgIpc) is 2.61. The Morgan fingerprint density at radius 2 is 2.00 bits per heavy atom. The van der Waals surface area contributed by atoms with Gasteiger partial charge in [-0.05, 0) is 42.7 Å². The van der Waals surface area contributed by atoms with E-state index in [-0.39, 0.29) is 5.91 Å². The lowest BCUT2D eigenvalue weighted by Gasteiger charge is -2.22. The van der Waals surface area contributed by atoms with E-state index in [4.69, 9.17) is 0 Å². The van der Waals surface area contributed by atoms with Crippen molar-refractivity contribution in [2.24, 2.45) is 0 Å². The zero-order chi connectivity index (χ0) is 16.1. The van der Waals surface area contributed by atoms with Crippen molar-refractivity contribution in [3.05, 3.63) is 59.7 Å². The van der Waals surface area contributed by atoms with Crippen LogP contribution in [0, 0.1) is 0 Å². The van der Waals surface area contributed by atoms with Crippen LogP contribution in [0.5, 0.6) is 0 Å². The second-order valence-electron chi connectivity index (χ2n) is 5.88. The number of benzene rings is 2. The van der Waals surface area contributed by atoms with Gasteiger partial charge in [-0.15, -0.1) is 0 Å². The number of nitrogens with zero attached hydrogens (tertiary/aromatic N) is 1. The van der Waals surface area contributed by atoms with E-state index in [1.54, 1.807) is 0 Å². The van der Waals surface area contributed by atoms with Gasteiger partial charge in [0.25, 0.3) is 5.91 Å². The fraction of sp³-hybridized carbons (Fsp3) is 0.316. The highest BCUT2D eigenvalue weighted by molar-refractivity contribution is 5.97. The maximum Gasteiger partial charge on any atom is 0.251 e. The fourth-order valence-corrected chi connectivity index (χ4v) is 2.97. The third-order valence-electron chi connectivity index (χ3n) is 4.27. The first-order valence-corrected chi connectivity index (χ1v) is 8.16. The Morgan fingerprint density at radius 3 is 2.83 bits per heavy atom. The van der Waals surface area contributed by atoms with Crippen LogP contribution in [0.3, 0.4) is 0 Å². The SMILES string of the molecule is CN(CCNC(=O)c1cccc2c1CCCN2)c1ccccc1. The zero-order valence-corrected chi connectivity index (χ0v) is 13.5. The number of rotatable bonds is 5. The Bertz CT molecular complexity index is 670. The molecule has 1 heterocycles. The van der Waals surface area contributed by atoms with Crippen LogP contribution in [-0.2, 0) is 6.42 Å². The minimum Gasteiger partial charge on any atom is -0.385 e. The molecule has 0 saturated heterocycles. The molecule has 3 rings (SSSR count). The van der Waals surface area contributed by atoms with Crippen LogP contribution in [0.25, 0.3) is 0 Å². The summed E-state index contributed by atoms with van der Waals surface area (Å²) in [6.45, 7) is 2.39. The summed E-state index contributed by atoms with van der Waals surface area (Å²) in [5.74, 6) is 0.0204. The van der Waals surface area contributed by atoms with Crippen molar-refractivity contribution < 1.29 is 4.79 Å². The van der Waals surface area contributed by atoms with Gasteiger partial charge in [-0.3, -0.25) is 4.79 Å². The van der Waals surface area contributed by atoms with Crippen LogP contribution < -0.4 is 15.5 Å². The van der Waals surface area contributed by atoms with Crippen LogP contribution in [0.15, 0.2) is 48.5 Å². The molecule has 2 aromatic rings. The first kappa shape index (κ1) is 15.4. The number of nitrogens with one attached hydrogen (secondary N) is 2. The predicted molar refractivity (Wildman–Crippen MR) is 95.3 cm³/mol. The van der Waals surface area contributed by atoms with Gasteiger partial charge in [0.05, 0.1) is 0 Å². The molecular formula is C19H23N3O. The number of amides is 1. The molecule has 0 aliphatic carbocycles. The summed E-state index contributed by atoms with van der Waals surface area (Å²) in [4.78, 5) is 14.6. The van der Waals surface area contributed by atoms with Gasteiger partial charge in [0, 0.05) is 43.6 Å². The van der Waals surface area contributed by atoms with Crippen molar-refractivity contribution >= 4 is 17.3 Å². The lowest BCUT2D eigenvalue weighted by atomic mass is 9.97. The Hall–Kier alpha value is -2.49. The Labute approximate surface area is 137 Å². The molecule has 120 valence electrons. The van der Waals surface area contributed by atoms with Gasteiger partial charge in [-0.2, -0.15) is 0 Å². The first-order valence-electron chi connectivity index (χ1n) is 8.16. The van der Waals surface area contributed by atoms with Gasteiger partial charge in [0.2, 0.25) is 0 Å². The normalized spacial score (nSPS) is 12.9. The van der Waals surface area contributed by atoms with Gasteiger partial charge in [0.15, 0.2) is 0 Å². The highest BCUT2D eigenvalue weighted by Gasteiger charge is 2.16. The van der Waals surface area contributed by atoms with E-state index in [0.29, 0.717) is 6.54 Å². The summed E-state index contributed by atoms with van der Waals surface area (Å²) >= 11 is 0. The third kappa shape index (κ3) is 3.65. The molecule has 2 N–H and O–H groups in total. The molecule has 1 amide bonds. The quantitative estimate of drug-likeness (QED) is 0.892. The molecular weight excluding hydrogens is 286 g/mol. The van der Waals surface area contributed by atoms with Crippen molar-refractivity contribution in [2.75, 3.05) is 36.9 Å². The largest absolute Gasteiger partial charge is 0.385 e. The molecule has 0 fully saturated rings. The van der Waals surface area contributed by atoms with Gasteiger partial charge < -0.3 is 15.5 Å². The van der Waals surface area contributed by atoms with Crippen molar-refractivity contribution in [3.8, 4) is 0 Å². The predicted octanol–water partition coefficient (Wildman–Crippen LogP) is 2.91. The van der Waals surface area contributed by atoms with Crippen LogP contribution in [-0.4, -0.2) is 32.6 Å². The summed E-state index contributed by atoms with van der Waals surface area (Å²) in [6.07, 6.45) is 2.05. The second kappa shape index (κ2) is 7.18. The van der Waals surface area contributed by atoms with Crippen molar-refractivity contribution in [1.29, 1.82) is 0 Å². The molecule has 0 atom stereocenters. The van der Waals surface area contributed by atoms with Gasteiger partial charge >= 0.3 is 0 Å². The van der Waals surface area contributed by atoms with Crippen LogP contribution in [0.1, 0.15) is 22.3 Å². The number of fused-ring (bicyclic) bond motifs is 1. The summed E-state index contributed by atoms with van der Waals surface area (Å²) in [7, 11) is 2.04.